The Morgan fingerprint density at radius 1 is 1.27 bits per heavy atom. The first kappa shape index (κ1) is 16.0. The normalized spacial score (nSPS) is 10.0. The van der Waals surface area contributed by atoms with Gasteiger partial charge in [-0.2, -0.15) is 0 Å². The van der Waals surface area contributed by atoms with Gasteiger partial charge in [0.05, 0.1) is 0 Å². The molecule has 0 aliphatic carbocycles. The number of carbonyl (C=O) groups excluding carboxylic acids is 1. The average Bonchev–Trinajstić information content (AvgIpc) is 2.55. The minimum Gasteiger partial charge on any atom is -0.354 e. The predicted octanol–water partition coefficient (Wildman–Crippen LogP) is 2.70. The number of carbonyl (C=O) groups is 1. The highest BCUT2D eigenvalue weighted by Gasteiger charge is 2.07. The minimum atomic E-state index is -0.247. The van der Waals surface area contributed by atoms with Crippen molar-refractivity contribution >= 4 is 23.5 Å². The summed E-state index contributed by atoms with van der Waals surface area (Å²) in [4.78, 5) is 20.1. The summed E-state index contributed by atoms with van der Waals surface area (Å²) in [6.45, 7) is 4.62. The molecule has 5 nitrogen and oxygen atoms in total. The Balaban J connectivity index is 1.88. The zero-order valence-electron chi connectivity index (χ0n) is 12.1. The molecule has 0 atom stereocenters. The Morgan fingerprint density at radius 3 is 2.77 bits per heavy atom. The Kier molecular flexibility index (Phi) is 5.91. The molecular weight excluding hydrogens is 300 g/mol. The van der Waals surface area contributed by atoms with Gasteiger partial charge in [-0.05, 0) is 30.2 Å². The number of hydrogen-bond acceptors (Lipinski definition) is 4. The molecule has 0 bridgehead atoms. The molecule has 0 spiro atoms. The molecule has 114 valence electrons. The first-order valence-corrected chi connectivity index (χ1v) is 7.27. The predicted molar refractivity (Wildman–Crippen MR) is 88.2 cm³/mol. The molecule has 1 aromatic heterocycles. The average molecular weight is 317 g/mol. The summed E-state index contributed by atoms with van der Waals surface area (Å²) in [5, 5.41) is 6.50. The lowest BCUT2D eigenvalue weighted by Gasteiger charge is -2.07. The number of nitrogens with one attached hydrogen (secondary N) is 2. The van der Waals surface area contributed by atoms with E-state index in [1.54, 1.807) is 18.3 Å². The summed E-state index contributed by atoms with van der Waals surface area (Å²) in [6.07, 6.45) is 3.98. The van der Waals surface area contributed by atoms with Gasteiger partial charge in [-0.1, -0.05) is 29.8 Å². The highest BCUT2D eigenvalue weighted by Crippen LogP contribution is 2.10. The van der Waals surface area contributed by atoms with Gasteiger partial charge >= 0.3 is 0 Å². The number of benzene rings is 1. The van der Waals surface area contributed by atoms with E-state index in [9.17, 15) is 4.79 Å². The van der Waals surface area contributed by atoms with Gasteiger partial charge in [-0.25, -0.2) is 9.97 Å². The molecule has 2 aromatic rings. The Morgan fingerprint density at radius 2 is 2.05 bits per heavy atom. The highest BCUT2D eigenvalue weighted by molar-refractivity contribution is 6.30. The Bertz CT molecular complexity index is 643. The fourth-order valence-electron chi connectivity index (χ4n) is 1.80. The van der Waals surface area contributed by atoms with E-state index in [1.807, 2.05) is 24.3 Å². The lowest BCUT2D eigenvalue weighted by atomic mass is 10.1. The van der Waals surface area contributed by atoms with Crippen LogP contribution in [0.25, 0.3) is 0 Å². The van der Waals surface area contributed by atoms with Crippen LogP contribution in [0.15, 0.2) is 49.2 Å². The molecule has 0 aliphatic heterocycles. The van der Waals surface area contributed by atoms with Crippen LogP contribution in [0.2, 0.25) is 5.02 Å². The van der Waals surface area contributed by atoms with E-state index in [0.717, 1.165) is 17.0 Å². The molecule has 1 amide bonds. The van der Waals surface area contributed by atoms with Crippen LogP contribution in [0.5, 0.6) is 0 Å². The SMILES string of the molecule is C=CCNC(=O)c1ccnc(NCCc2ccc(Cl)cc2)n1. The van der Waals surface area contributed by atoms with E-state index < -0.39 is 0 Å². The van der Waals surface area contributed by atoms with Crippen molar-refractivity contribution in [1.82, 2.24) is 15.3 Å². The maximum Gasteiger partial charge on any atom is 0.270 e. The Hall–Kier alpha value is -2.40. The molecule has 0 saturated heterocycles. The fourth-order valence-corrected chi connectivity index (χ4v) is 1.92. The third-order valence-corrected chi connectivity index (χ3v) is 3.16. The number of aromatic nitrogens is 2. The molecular formula is C16H17ClN4O. The topological polar surface area (TPSA) is 66.9 Å². The van der Waals surface area contributed by atoms with Crippen molar-refractivity contribution in [3.8, 4) is 0 Å². The van der Waals surface area contributed by atoms with Crippen LogP contribution < -0.4 is 10.6 Å². The zero-order chi connectivity index (χ0) is 15.8. The van der Waals surface area contributed by atoms with E-state index in [0.29, 0.717) is 24.7 Å². The van der Waals surface area contributed by atoms with Gasteiger partial charge in [0.2, 0.25) is 5.95 Å². The van der Waals surface area contributed by atoms with Gasteiger partial charge in [0, 0.05) is 24.3 Å². The summed E-state index contributed by atoms with van der Waals surface area (Å²) in [7, 11) is 0. The van der Waals surface area contributed by atoms with Crippen molar-refractivity contribution in [2.45, 2.75) is 6.42 Å². The number of anilines is 1. The second-order valence-corrected chi connectivity index (χ2v) is 5.00. The lowest BCUT2D eigenvalue weighted by molar-refractivity contribution is 0.0953. The second kappa shape index (κ2) is 8.14. The van der Waals surface area contributed by atoms with E-state index >= 15 is 0 Å². The molecule has 0 saturated carbocycles. The first-order valence-electron chi connectivity index (χ1n) is 6.89. The monoisotopic (exact) mass is 316 g/mol. The Labute approximate surface area is 134 Å². The maximum absolute atomic E-state index is 11.8. The number of nitrogens with zero attached hydrogens (tertiary/aromatic N) is 2. The number of halogens is 1. The molecule has 0 fully saturated rings. The molecule has 0 radical (unpaired) electrons. The van der Waals surface area contributed by atoms with Gasteiger partial charge in [-0.3, -0.25) is 4.79 Å². The number of hydrogen-bond donors (Lipinski definition) is 2. The first-order chi connectivity index (χ1) is 10.7. The quantitative estimate of drug-likeness (QED) is 0.771. The molecule has 0 unspecified atom stereocenters. The van der Waals surface area contributed by atoms with Crippen LogP contribution in [0.4, 0.5) is 5.95 Å². The van der Waals surface area contributed by atoms with Crippen molar-refractivity contribution in [1.29, 1.82) is 0 Å². The van der Waals surface area contributed by atoms with Crippen LogP contribution in [-0.4, -0.2) is 29.0 Å². The van der Waals surface area contributed by atoms with Crippen molar-refractivity contribution < 1.29 is 4.79 Å². The van der Waals surface area contributed by atoms with Gasteiger partial charge in [0.15, 0.2) is 0 Å². The minimum absolute atomic E-state index is 0.247. The van der Waals surface area contributed by atoms with Crippen molar-refractivity contribution in [3.05, 3.63) is 65.5 Å². The largest absolute Gasteiger partial charge is 0.354 e. The summed E-state index contributed by atoms with van der Waals surface area (Å²) >= 11 is 5.85. The summed E-state index contributed by atoms with van der Waals surface area (Å²) < 4.78 is 0. The third kappa shape index (κ3) is 4.86. The third-order valence-electron chi connectivity index (χ3n) is 2.91. The molecule has 6 heteroatoms. The summed E-state index contributed by atoms with van der Waals surface area (Å²) in [5.74, 6) is 0.184. The van der Waals surface area contributed by atoms with Crippen LogP contribution in [-0.2, 0) is 6.42 Å². The van der Waals surface area contributed by atoms with Crippen LogP contribution in [0.1, 0.15) is 16.1 Å². The van der Waals surface area contributed by atoms with Crippen molar-refractivity contribution in [3.63, 3.8) is 0 Å². The standard InChI is InChI=1S/C16H17ClN4O/c1-2-9-18-15(22)14-8-11-20-16(21-14)19-10-7-12-3-5-13(17)6-4-12/h2-6,8,11H,1,7,9-10H2,(H,18,22)(H,19,20,21). The van der Waals surface area contributed by atoms with Crippen LogP contribution >= 0.6 is 11.6 Å². The van der Waals surface area contributed by atoms with Crippen LogP contribution in [0, 0.1) is 0 Å². The van der Waals surface area contributed by atoms with Gasteiger partial charge < -0.3 is 10.6 Å². The van der Waals surface area contributed by atoms with Gasteiger partial charge in [0.25, 0.3) is 5.91 Å². The van der Waals surface area contributed by atoms with E-state index in [4.69, 9.17) is 11.6 Å². The van der Waals surface area contributed by atoms with Gasteiger partial charge in [-0.15, -0.1) is 6.58 Å². The molecule has 2 N–H and O–H groups in total. The van der Waals surface area contributed by atoms with Crippen molar-refractivity contribution in [2.24, 2.45) is 0 Å². The van der Waals surface area contributed by atoms with Crippen LogP contribution in [0.3, 0.4) is 0 Å². The van der Waals surface area contributed by atoms with Gasteiger partial charge in [0.1, 0.15) is 5.69 Å². The molecule has 1 aromatic carbocycles. The molecule has 2 rings (SSSR count). The van der Waals surface area contributed by atoms with Crippen molar-refractivity contribution in [2.75, 3.05) is 18.4 Å². The lowest BCUT2D eigenvalue weighted by Crippen LogP contribution is -2.24. The summed E-state index contributed by atoms with van der Waals surface area (Å²) in [6, 6.07) is 9.24. The molecule has 0 aliphatic rings. The summed E-state index contributed by atoms with van der Waals surface area (Å²) in [5.41, 5.74) is 1.49. The number of rotatable bonds is 7. The molecule has 22 heavy (non-hydrogen) atoms. The highest BCUT2D eigenvalue weighted by atomic mass is 35.5. The van der Waals surface area contributed by atoms with E-state index in [2.05, 4.69) is 27.2 Å². The zero-order valence-corrected chi connectivity index (χ0v) is 12.8. The maximum atomic E-state index is 11.8. The van der Waals surface area contributed by atoms with E-state index in [-0.39, 0.29) is 5.91 Å². The molecule has 1 heterocycles. The van der Waals surface area contributed by atoms with E-state index in [1.165, 1.54) is 0 Å². The number of amides is 1. The smallest absolute Gasteiger partial charge is 0.270 e. The fraction of sp³-hybridized carbons (Fsp3) is 0.188. The second-order valence-electron chi connectivity index (χ2n) is 4.57.